The van der Waals surface area contributed by atoms with Gasteiger partial charge in [0.25, 0.3) is 5.91 Å². The van der Waals surface area contributed by atoms with Crippen LogP contribution in [0.1, 0.15) is 34.1 Å². The largest absolute Gasteiger partial charge is 0.490 e. The van der Waals surface area contributed by atoms with Crippen LogP contribution in [0.15, 0.2) is 82.5 Å². The average molecular weight is 469 g/mol. The molecule has 3 aromatic carbocycles. The summed E-state index contributed by atoms with van der Waals surface area (Å²) in [7, 11) is 4.00. The Morgan fingerprint density at radius 3 is 2.69 bits per heavy atom. The van der Waals surface area contributed by atoms with Crippen LogP contribution in [0.3, 0.4) is 0 Å². The van der Waals surface area contributed by atoms with Gasteiger partial charge in [-0.3, -0.25) is 9.59 Å². The molecular formula is C29H28N2O4. The van der Waals surface area contributed by atoms with Crippen LogP contribution in [0.4, 0.5) is 0 Å². The minimum absolute atomic E-state index is 0.131. The van der Waals surface area contributed by atoms with Gasteiger partial charge in [-0.25, -0.2) is 0 Å². The van der Waals surface area contributed by atoms with E-state index in [9.17, 15) is 9.59 Å². The standard InChI is InChI=1S/C29H28N2O4/c1-4-17-34-21-11-7-10-20(18-21)25-24-26(32)23-14-13-19-9-5-6-12-22(19)27(23)35-28(24)29(33)31(25)16-8-15-30(2)3/h4-7,9-14,18,25H,1,8,15-17H2,2-3H3. The fourth-order valence-corrected chi connectivity index (χ4v) is 4.81. The molecule has 4 aromatic rings. The van der Waals surface area contributed by atoms with E-state index in [-0.39, 0.29) is 17.1 Å². The van der Waals surface area contributed by atoms with E-state index in [1.165, 1.54) is 0 Å². The van der Waals surface area contributed by atoms with E-state index in [0.29, 0.717) is 35.4 Å². The lowest BCUT2D eigenvalue weighted by atomic mass is 9.97. The zero-order valence-corrected chi connectivity index (χ0v) is 20.0. The quantitative estimate of drug-likeness (QED) is 0.269. The molecule has 5 rings (SSSR count). The van der Waals surface area contributed by atoms with Gasteiger partial charge in [0.1, 0.15) is 17.9 Å². The summed E-state index contributed by atoms with van der Waals surface area (Å²) in [4.78, 5) is 31.4. The Labute approximate surface area is 204 Å². The van der Waals surface area contributed by atoms with E-state index < -0.39 is 6.04 Å². The van der Waals surface area contributed by atoms with Gasteiger partial charge in [-0.05, 0) is 56.2 Å². The Balaban J connectivity index is 1.69. The molecule has 0 saturated heterocycles. The van der Waals surface area contributed by atoms with Crippen molar-refractivity contribution in [2.75, 3.05) is 33.8 Å². The van der Waals surface area contributed by atoms with Gasteiger partial charge in [-0.2, -0.15) is 0 Å². The maximum atomic E-state index is 13.9. The van der Waals surface area contributed by atoms with Crippen molar-refractivity contribution in [3.8, 4) is 5.75 Å². The number of nitrogens with zero attached hydrogens (tertiary/aromatic N) is 2. The minimum Gasteiger partial charge on any atom is -0.490 e. The molecule has 35 heavy (non-hydrogen) atoms. The number of benzene rings is 3. The number of hydrogen-bond donors (Lipinski definition) is 0. The van der Waals surface area contributed by atoms with Crippen LogP contribution in [0.5, 0.6) is 5.75 Å². The SMILES string of the molecule is C=CCOc1cccc(C2c3c(oc4c(ccc5ccccc54)c3=O)C(=O)N2CCCN(C)C)c1. The molecule has 1 aliphatic heterocycles. The zero-order valence-electron chi connectivity index (χ0n) is 20.0. The van der Waals surface area contributed by atoms with Gasteiger partial charge in [0.05, 0.1) is 17.0 Å². The fraction of sp³-hybridized carbons (Fsp3) is 0.241. The lowest BCUT2D eigenvalue weighted by Crippen LogP contribution is -2.32. The summed E-state index contributed by atoms with van der Waals surface area (Å²) in [6.45, 7) is 5.40. The van der Waals surface area contributed by atoms with E-state index in [4.69, 9.17) is 9.15 Å². The van der Waals surface area contributed by atoms with Crippen LogP contribution in [-0.4, -0.2) is 49.5 Å². The maximum Gasteiger partial charge on any atom is 0.290 e. The summed E-state index contributed by atoms with van der Waals surface area (Å²) >= 11 is 0. The fourth-order valence-electron chi connectivity index (χ4n) is 4.81. The molecule has 178 valence electrons. The Bertz CT molecular complexity index is 1490. The Hall–Kier alpha value is -3.90. The topological polar surface area (TPSA) is 63.0 Å². The predicted molar refractivity (Wildman–Crippen MR) is 138 cm³/mol. The zero-order chi connectivity index (χ0) is 24.5. The highest BCUT2D eigenvalue weighted by Crippen LogP contribution is 2.40. The smallest absolute Gasteiger partial charge is 0.290 e. The second-order valence-corrected chi connectivity index (χ2v) is 9.07. The first-order valence-electron chi connectivity index (χ1n) is 11.8. The first-order chi connectivity index (χ1) is 17.0. The van der Waals surface area contributed by atoms with E-state index in [1.807, 2.05) is 68.7 Å². The predicted octanol–water partition coefficient (Wildman–Crippen LogP) is 5.01. The molecule has 2 heterocycles. The lowest BCUT2D eigenvalue weighted by Gasteiger charge is -2.26. The number of hydrogen-bond acceptors (Lipinski definition) is 5. The van der Waals surface area contributed by atoms with Crippen molar-refractivity contribution in [2.45, 2.75) is 12.5 Å². The Morgan fingerprint density at radius 2 is 1.89 bits per heavy atom. The molecule has 1 aromatic heterocycles. The molecular weight excluding hydrogens is 440 g/mol. The second-order valence-electron chi connectivity index (χ2n) is 9.07. The first kappa shape index (κ1) is 22.9. The van der Waals surface area contributed by atoms with Crippen molar-refractivity contribution in [1.29, 1.82) is 0 Å². The molecule has 0 saturated carbocycles. The van der Waals surface area contributed by atoms with Crippen molar-refractivity contribution in [2.24, 2.45) is 0 Å². The summed E-state index contributed by atoms with van der Waals surface area (Å²) in [5, 5.41) is 2.26. The van der Waals surface area contributed by atoms with Crippen LogP contribution >= 0.6 is 0 Å². The summed E-state index contributed by atoms with van der Waals surface area (Å²) in [6, 6.07) is 18.5. The molecule has 6 nitrogen and oxygen atoms in total. The molecule has 1 unspecified atom stereocenters. The van der Waals surface area contributed by atoms with Crippen molar-refractivity contribution >= 4 is 27.6 Å². The van der Waals surface area contributed by atoms with E-state index >= 15 is 0 Å². The van der Waals surface area contributed by atoms with Gasteiger partial charge in [-0.1, -0.05) is 55.1 Å². The summed E-state index contributed by atoms with van der Waals surface area (Å²) in [5.41, 5.74) is 1.49. The molecule has 6 heteroatoms. The third-order valence-corrected chi connectivity index (χ3v) is 6.40. The summed E-state index contributed by atoms with van der Waals surface area (Å²) in [6.07, 6.45) is 2.45. The van der Waals surface area contributed by atoms with Gasteiger partial charge in [0.2, 0.25) is 5.76 Å². The van der Waals surface area contributed by atoms with Gasteiger partial charge in [0, 0.05) is 11.9 Å². The summed E-state index contributed by atoms with van der Waals surface area (Å²) in [5.74, 6) is 0.534. The number of carbonyl (C=O) groups excluding carboxylic acids is 1. The van der Waals surface area contributed by atoms with Gasteiger partial charge < -0.3 is 19.0 Å². The van der Waals surface area contributed by atoms with Crippen LogP contribution in [-0.2, 0) is 0 Å². The van der Waals surface area contributed by atoms with Gasteiger partial charge >= 0.3 is 0 Å². The maximum absolute atomic E-state index is 13.9. The minimum atomic E-state index is -0.543. The molecule has 1 amide bonds. The Kier molecular flexibility index (Phi) is 6.14. The van der Waals surface area contributed by atoms with Crippen LogP contribution in [0.25, 0.3) is 21.7 Å². The highest BCUT2D eigenvalue weighted by Gasteiger charge is 2.42. The highest BCUT2D eigenvalue weighted by molar-refractivity contribution is 6.06. The van der Waals surface area contributed by atoms with Gasteiger partial charge in [0.15, 0.2) is 5.43 Å². The molecule has 0 fully saturated rings. The highest BCUT2D eigenvalue weighted by atomic mass is 16.5. The molecule has 1 aliphatic rings. The van der Waals surface area contributed by atoms with Gasteiger partial charge in [-0.15, -0.1) is 0 Å². The number of carbonyl (C=O) groups is 1. The first-order valence-corrected chi connectivity index (χ1v) is 11.8. The van der Waals surface area contributed by atoms with Crippen molar-refractivity contribution in [3.63, 3.8) is 0 Å². The van der Waals surface area contributed by atoms with E-state index in [0.717, 1.165) is 29.3 Å². The molecule has 0 radical (unpaired) electrons. The molecule has 0 spiro atoms. The average Bonchev–Trinajstić information content (AvgIpc) is 3.14. The van der Waals surface area contributed by atoms with Crippen LogP contribution in [0, 0.1) is 0 Å². The number of amides is 1. The normalized spacial score (nSPS) is 15.2. The lowest BCUT2D eigenvalue weighted by molar-refractivity contribution is 0.0722. The number of rotatable bonds is 8. The van der Waals surface area contributed by atoms with Crippen LogP contribution in [0.2, 0.25) is 0 Å². The van der Waals surface area contributed by atoms with E-state index in [1.54, 1.807) is 17.0 Å². The molecule has 0 bridgehead atoms. The molecule has 1 atom stereocenters. The molecule has 0 aliphatic carbocycles. The number of fused-ring (bicyclic) bond motifs is 4. The van der Waals surface area contributed by atoms with Crippen LogP contribution < -0.4 is 10.2 Å². The van der Waals surface area contributed by atoms with Crippen molar-refractivity contribution < 1.29 is 13.9 Å². The van der Waals surface area contributed by atoms with Crippen molar-refractivity contribution in [1.82, 2.24) is 9.80 Å². The Morgan fingerprint density at radius 1 is 1.06 bits per heavy atom. The summed E-state index contributed by atoms with van der Waals surface area (Å²) < 4.78 is 12.0. The third kappa shape index (κ3) is 4.10. The molecule has 0 N–H and O–H groups in total. The monoisotopic (exact) mass is 468 g/mol. The van der Waals surface area contributed by atoms with E-state index in [2.05, 4.69) is 11.5 Å². The number of ether oxygens (including phenoxy) is 1. The second kappa shape index (κ2) is 9.39. The van der Waals surface area contributed by atoms with Crippen molar-refractivity contribution in [3.05, 3.63) is 100 Å². The third-order valence-electron chi connectivity index (χ3n) is 6.40.